The number of ether oxygens (including phenoxy) is 1. The van der Waals surface area contributed by atoms with Crippen LogP contribution in [0.15, 0.2) is 48.8 Å². The molecule has 4 rings (SSSR count). The molecule has 0 atom stereocenters. The smallest absolute Gasteiger partial charge is 0.275 e. The fourth-order valence-corrected chi connectivity index (χ4v) is 3.71. The van der Waals surface area contributed by atoms with Gasteiger partial charge in [0.2, 0.25) is 0 Å². The van der Waals surface area contributed by atoms with Gasteiger partial charge in [-0.25, -0.2) is 13.8 Å². The zero-order valence-corrected chi connectivity index (χ0v) is 17.9. The van der Waals surface area contributed by atoms with Crippen molar-refractivity contribution in [1.29, 1.82) is 5.26 Å². The molecule has 1 aromatic heterocycles. The summed E-state index contributed by atoms with van der Waals surface area (Å²) in [5, 5.41) is 12.1. The number of rotatable bonds is 5. The van der Waals surface area contributed by atoms with Gasteiger partial charge in [-0.1, -0.05) is 0 Å². The quantitative estimate of drug-likeness (QED) is 0.627. The maximum atomic E-state index is 13.9. The van der Waals surface area contributed by atoms with Crippen molar-refractivity contribution in [3.8, 4) is 11.8 Å². The number of amides is 1. The zero-order chi connectivity index (χ0) is 23.4. The lowest BCUT2D eigenvalue weighted by molar-refractivity contribution is 0.102. The van der Waals surface area contributed by atoms with Gasteiger partial charge in [-0.2, -0.15) is 5.26 Å². The maximum Gasteiger partial charge on any atom is 0.275 e. The van der Waals surface area contributed by atoms with Crippen molar-refractivity contribution >= 4 is 17.3 Å². The van der Waals surface area contributed by atoms with Crippen LogP contribution in [0.2, 0.25) is 0 Å². The zero-order valence-electron chi connectivity index (χ0n) is 17.9. The highest BCUT2D eigenvalue weighted by molar-refractivity contribution is 6.04. The summed E-state index contributed by atoms with van der Waals surface area (Å²) in [6.07, 6.45) is 3.93. The minimum atomic E-state index is -0.728. The van der Waals surface area contributed by atoms with Crippen LogP contribution in [0.1, 0.15) is 34.6 Å². The number of nitrogens with zero attached hydrogens (tertiary/aromatic N) is 4. The lowest BCUT2D eigenvalue weighted by Crippen LogP contribution is -2.38. The molecule has 0 saturated carbocycles. The molecule has 2 aromatic carbocycles. The van der Waals surface area contributed by atoms with E-state index in [-0.39, 0.29) is 17.5 Å². The van der Waals surface area contributed by atoms with E-state index in [0.717, 1.165) is 17.8 Å². The maximum absolute atomic E-state index is 13.9. The first kappa shape index (κ1) is 22.1. The molecule has 9 heteroatoms. The number of hydrogen-bond acceptors (Lipinski definition) is 6. The molecule has 1 aliphatic rings. The first-order valence-electron chi connectivity index (χ1n) is 10.4. The lowest BCUT2D eigenvalue weighted by atomic mass is 10.1. The van der Waals surface area contributed by atoms with Crippen LogP contribution in [0, 0.1) is 29.9 Å². The number of nitrogens with one attached hydrogen (secondary N) is 1. The first-order valence-corrected chi connectivity index (χ1v) is 10.4. The third-order valence-corrected chi connectivity index (χ3v) is 5.33. The number of aryl methyl sites for hydroxylation is 1. The SMILES string of the molecule is Cc1cncc(C(=O)Nc2cc(C#N)ccc2N2CCC(Oc3ccc(F)cc3F)CC2)n1. The van der Waals surface area contributed by atoms with Gasteiger partial charge in [0.15, 0.2) is 11.6 Å². The van der Waals surface area contributed by atoms with Gasteiger partial charge in [0, 0.05) is 38.2 Å². The van der Waals surface area contributed by atoms with E-state index in [1.807, 2.05) is 0 Å². The highest BCUT2D eigenvalue weighted by Crippen LogP contribution is 2.31. The number of benzene rings is 2. The summed E-state index contributed by atoms with van der Waals surface area (Å²) in [5.74, 6) is -1.77. The van der Waals surface area contributed by atoms with E-state index in [9.17, 15) is 18.8 Å². The predicted molar refractivity (Wildman–Crippen MR) is 118 cm³/mol. The molecule has 33 heavy (non-hydrogen) atoms. The molecule has 1 N–H and O–H groups in total. The molecule has 0 unspecified atom stereocenters. The number of nitriles is 1. The molecule has 3 aromatic rings. The molecule has 0 bridgehead atoms. The van der Waals surface area contributed by atoms with Crippen molar-refractivity contribution in [3.63, 3.8) is 0 Å². The average molecular weight is 449 g/mol. The Kier molecular flexibility index (Phi) is 6.45. The molecule has 0 radical (unpaired) electrons. The third-order valence-electron chi connectivity index (χ3n) is 5.33. The van der Waals surface area contributed by atoms with Crippen LogP contribution in [-0.4, -0.2) is 35.1 Å². The number of anilines is 2. The van der Waals surface area contributed by atoms with Gasteiger partial charge in [0.25, 0.3) is 5.91 Å². The van der Waals surface area contributed by atoms with Gasteiger partial charge in [-0.3, -0.25) is 9.78 Å². The van der Waals surface area contributed by atoms with Crippen molar-refractivity contribution in [2.24, 2.45) is 0 Å². The lowest BCUT2D eigenvalue weighted by Gasteiger charge is -2.34. The van der Waals surface area contributed by atoms with Crippen molar-refractivity contribution in [2.45, 2.75) is 25.9 Å². The minimum Gasteiger partial charge on any atom is -0.487 e. The second-order valence-corrected chi connectivity index (χ2v) is 7.72. The monoisotopic (exact) mass is 449 g/mol. The molecule has 0 spiro atoms. The Bertz CT molecular complexity index is 1220. The molecule has 168 valence electrons. The molecule has 1 aliphatic heterocycles. The van der Waals surface area contributed by atoms with E-state index in [0.29, 0.717) is 42.9 Å². The Labute approximate surface area is 189 Å². The Morgan fingerprint density at radius 2 is 1.97 bits per heavy atom. The standard InChI is InChI=1S/C24H21F2N5O2/c1-15-13-28-14-21(29-15)24(32)30-20-10-16(12-27)2-4-22(20)31-8-6-18(7-9-31)33-23-5-3-17(25)11-19(23)26/h2-5,10-11,13-14,18H,6-9H2,1H3,(H,30,32). The Morgan fingerprint density at radius 1 is 1.18 bits per heavy atom. The predicted octanol–water partition coefficient (Wildman–Crippen LogP) is 4.24. The van der Waals surface area contributed by atoms with E-state index < -0.39 is 17.5 Å². The summed E-state index contributed by atoms with van der Waals surface area (Å²) >= 11 is 0. The molecule has 1 fully saturated rings. The highest BCUT2D eigenvalue weighted by atomic mass is 19.1. The van der Waals surface area contributed by atoms with Crippen molar-refractivity contribution in [1.82, 2.24) is 9.97 Å². The van der Waals surface area contributed by atoms with Gasteiger partial charge >= 0.3 is 0 Å². The molecule has 2 heterocycles. The second-order valence-electron chi connectivity index (χ2n) is 7.72. The van der Waals surface area contributed by atoms with Crippen LogP contribution >= 0.6 is 0 Å². The second kappa shape index (κ2) is 9.61. The molecule has 7 nitrogen and oxygen atoms in total. The van der Waals surface area contributed by atoms with Crippen LogP contribution in [0.4, 0.5) is 20.2 Å². The number of carbonyl (C=O) groups is 1. The number of aromatic nitrogens is 2. The van der Waals surface area contributed by atoms with Gasteiger partial charge in [0.05, 0.1) is 34.9 Å². The summed E-state index contributed by atoms with van der Waals surface area (Å²) in [6, 6.07) is 10.4. The number of carbonyl (C=O) groups excluding carboxylic acids is 1. The van der Waals surface area contributed by atoms with Crippen LogP contribution < -0.4 is 15.0 Å². The van der Waals surface area contributed by atoms with Crippen LogP contribution in [0.5, 0.6) is 5.75 Å². The summed E-state index contributed by atoms with van der Waals surface area (Å²) in [6.45, 7) is 2.93. The molecule has 1 saturated heterocycles. The first-order chi connectivity index (χ1) is 15.9. The normalized spacial score (nSPS) is 13.9. The summed E-state index contributed by atoms with van der Waals surface area (Å²) in [7, 11) is 0. The van der Waals surface area contributed by atoms with Crippen molar-refractivity contribution in [3.05, 3.63) is 77.4 Å². The van der Waals surface area contributed by atoms with Crippen molar-refractivity contribution < 1.29 is 18.3 Å². The van der Waals surface area contributed by atoms with Gasteiger partial charge in [0.1, 0.15) is 17.6 Å². The Hall–Kier alpha value is -4.06. The summed E-state index contributed by atoms with van der Waals surface area (Å²) in [5.41, 5.74) is 2.46. The minimum absolute atomic E-state index is 0.0282. The third kappa shape index (κ3) is 5.23. The van der Waals surface area contributed by atoms with E-state index in [4.69, 9.17) is 4.74 Å². The van der Waals surface area contributed by atoms with Crippen LogP contribution in [-0.2, 0) is 0 Å². The number of piperidine rings is 1. The van der Waals surface area contributed by atoms with Crippen molar-refractivity contribution in [2.75, 3.05) is 23.3 Å². The summed E-state index contributed by atoms with van der Waals surface area (Å²) in [4.78, 5) is 23.0. The fraction of sp³-hybridized carbons (Fsp3) is 0.250. The van der Waals surface area contributed by atoms with Gasteiger partial charge < -0.3 is 15.0 Å². The number of hydrogen-bond donors (Lipinski definition) is 1. The molecular formula is C24H21F2N5O2. The van der Waals surface area contributed by atoms with E-state index in [1.54, 1.807) is 31.3 Å². The topological polar surface area (TPSA) is 91.1 Å². The largest absolute Gasteiger partial charge is 0.487 e. The molecule has 0 aliphatic carbocycles. The Balaban J connectivity index is 1.48. The van der Waals surface area contributed by atoms with E-state index in [2.05, 4.69) is 26.3 Å². The van der Waals surface area contributed by atoms with E-state index in [1.165, 1.54) is 12.3 Å². The number of halogens is 2. The van der Waals surface area contributed by atoms with Gasteiger partial charge in [-0.05, 0) is 37.3 Å². The van der Waals surface area contributed by atoms with Gasteiger partial charge in [-0.15, -0.1) is 0 Å². The Morgan fingerprint density at radius 3 is 2.67 bits per heavy atom. The summed E-state index contributed by atoms with van der Waals surface area (Å²) < 4.78 is 32.8. The average Bonchev–Trinajstić information content (AvgIpc) is 2.81. The molecular weight excluding hydrogens is 428 g/mol. The highest BCUT2D eigenvalue weighted by Gasteiger charge is 2.24. The van der Waals surface area contributed by atoms with E-state index >= 15 is 0 Å². The fourth-order valence-electron chi connectivity index (χ4n) is 3.71. The van der Waals surface area contributed by atoms with Crippen LogP contribution in [0.3, 0.4) is 0 Å². The van der Waals surface area contributed by atoms with Crippen LogP contribution in [0.25, 0.3) is 0 Å². The molecule has 1 amide bonds.